The van der Waals surface area contributed by atoms with Gasteiger partial charge in [-0.3, -0.25) is 0 Å². The predicted octanol–water partition coefficient (Wildman–Crippen LogP) is 2.18. The molecule has 5 heteroatoms. The molecule has 0 fully saturated rings. The largest absolute Gasteiger partial charge is 0.367 e. The maximum atomic E-state index is 5.82. The van der Waals surface area contributed by atoms with Crippen molar-refractivity contribution in [1.82, 2.24) is 10.1 Å². The van der Waals surface area contributed by atoms with Crippen molar-refractivity contribution in [3.63, 3.8) is 0 Å². The summed E-state index contributed by atoms with van der Waals surface area (Å²) >= 11 is 0. The zero-order valence-electron chi connectivity index (χ0n) is 11.2. The average Bonchev–Trinajstić information content (AvgIpc) is 2.85. The minimum absolute atomic E-state index is 0.0873. The van der Waals surface area contributed by atoms with Gasteiger partial charge in [-0.05, 0) is 19.8 Å². The molecule has 0 spiro atoms. The third-order valence-electron chi connectivity index (χ3n) is 3.19. The van der Waals surface area contributed by atoms with Gasteiger partial charge in [0.05, 0.1) is 0 Å². The third kappa shape index (κ3) is 2.84. The van der Waals surface area contributed by atoms with Crippen molar-refractivity contribution < 1.29 is 9.26 Å². The molecule has 1 rings (SSSR count). The molecule has 98 valence electrons. The van der Waals surface area contributed by atoms with E-state index < -0.39 is 5.60 Å². The standard InChI is InChI=1S/C12H23N3O2/c1-5-12(6-2,16-7-3)11-14-10(17-15-11)9(4)8-13/h9H,5-8,13H2,1-4H3. The van der Waals surface area contributed by atoms with E-state index >= 15 is 0 Å². The fourth-order valence-corrected chi connectivity index (χ4v) is 1.83. The number of nitrogens with zero attached hydrogens (tertiary/aromatic N) is 2. The Hall–Kier alpha value is -0.940. The summed E-state index contributed by atoms with van der Waals surface area (Å²) in [5.74, 6) is 1.32. The van der Waals surface area contributed by atoms with Crippen molar-refractivity contribution in [1.29, 1.82) is 0 Å². The van der Waals surface area contributed by atoms with Crippen LogP contribution in [0.1, 0.15) is 58.2 Å². The minimum atomic E-state index is -0.426. The van der Waals surface area contributed by atoms with Gasteiger partial charge in [-0.2, -0.15) is 4.98 Å². The lowest BCUT2D eigenvalue weighted by Gasteiger charge is -2.27. The van der Waals surface area contributed by atoms with Gasteiger partial charge < -0.3 is 15.0 Å². The van der Waals surface area contributed by atoms with Crippen LogP contribution in [0.4, 0.5) is 0 Å². The van der Waals surface area contributed by atoms with Gasteiger partial charge in [0.25, 0.3) is 0 Å². The maximum Gasteiger partial charge on any atom is 0.230 e. The van der Waals surface area contributed by atoms with Crippen LogP contribution in [-0.4, -0.2) is 23.3 Å². The number of nitrogens with two attached hydrogens (primary N) is 1. The van der Waals surface area contributed by atoms with Gasteiger partial charge in [0.2, 0.25) is 11.7 Å². The van der Waals surface area contributed by atoms with Crippen LogP contribution >= 0.6 is 0 Å². The van der Waals surface area contributed by atoms with Crippen LogP contribution in [0.25, 0.3) is 0 Å². The Labute approximate surface area is 103 Å². The summed E-state index contributed by atoms with van der Waals surface area (Å²) in [5.41, 5.74) is 5.16. The monoisotopic (exact) mass is 241 g/mol. The molecule has 5 nitrogen and oxygen atoms in total. The first-order valence-electron chi connectivity index (χ1n) is 6.31. The predicted molar refractivity (Wildman–Crippen MR) is 65.7 cm³/mol. The van der Waals surface area contributed by atoms with E-state index in [1.54, 1.807) is 0 Å². The van der Waals surface area contributed by atoms with Crippen LogP contribution < -0.4 is 5.73 Å². The molecule has 0 aliphatic carbocycles. The summed E-state index contributed by atoms with van der Waals surface area (Å²) in [7, 11) is 0. The first kappa shape index (κ1) is 14.1. The van der Waals surface area contributed by atoms with Crippen LogP contribution in [0.15, 0.2) is 4.52 Å². The highest BCUT2D eigenvalue weighted by Gasteiger charge is 2.34. The lowest BCUT2D eigenvalue weighted by atomic mass is 9.96. The summed E-state index contributed by atoms with van der Waals surface area (Å²) in [4.78, 5) is 4.43. The van der Waals surface area contributed by atoms with E-state index in [9.17, 15) is 0 Å². The normalized spacial score (nSPS) is 13.9. The molecule has 1 heterocycles. The summed E-state index contributed by atoms with van der Waals surface area (Å²) in [6.07, 6.45) is 1.65. The lowest BCUT2D eigenvalue weighted by molar-refractivity contribution is -0.0583. The van der Waals surface area contributed by atoms with Gasteiger partial charge in [0.15, 0.2) is 0 Å². The van der Waals surface area contributed by atoms with Gasteiger partial charge in [-0.15, -0.1) is 0 Å². The Kier molecular flexibility index (Phi) is 5.08. The molecule has 17 heavy (non-hydrogen) atoms. The number of hydrogen-bond donors (Lipinski definition) is 1. The number of rotatable bonds is 7. The maximum absolute atomic E-state index is 5.82. The highest BCUT2D eigenvalue weighted by molar-refractivity contribution is 5.03. The van der Waals surface area contributed by atoms with E-state index in [0.29, 0.717) is 24.9 Å². The van der Waals surface area contributed by atoms with Crippen LogP contribution in [0.3, 0.4) is 0 Å². The first-order valence-corrected chi connectivity index (χ1v) is 6.31. The second-order valence-corrected chi connectivity index (χ2v) is 4.23. The molecular weight excluding hydrogens is 218 g/mol. The van der Waals surface area contributed by atoms with Crippen LogP contribution in [-0.2, 0) is 10.3 Å². The molecular formula is C12H23N3O2. The Morgan fingerprint density at radius 3 is 2.47 bits per heavy atom. The van der Waals surface area contributed by atoms with E-state index in [-0.39, 0.29) is 5.92 Å². The zero-order valence-corrected chi connectivity index (χ0v) is 11.2. The SMILES string of the molecule is CCOC(CC)(CC)c1noc(C(C)CN)n1. The van der Waals surface area contributed by atoms with Crippen molar-refractivity contribution in [2.45, 2.75) is 52.1 Å². The molecule has 0 saturated carbocycles. The van der Waals surface area contributed by atoms with Gasteiger partial charge in [0.1, 0.15) is 5.60 Å². The smallest absolute Gasteiger partial charge is 0.230 e. The first-order chi connectivity index (χ1) is 8.13. The Morgan fingerprint density at radius 2 is 2.00 bits per heavy atom. The van der Waals surface area contributed by atoms with Crippen molar-refractivity contribution in [3.05, 3.63) is 11.7 Å². The van der Waals surface area contributed by atoms with Crippen LogP contribution in [0.2, 0.25) is 0 Å². The van der Waals surface area contributed by atoms with E-state index in [1.165, 1.54) is 0 Å². The molecule has 0 bridgehead atoms. The molecule has 0 radical (unpaired) electrons. The van der Waals surface area contributed by atoms with E-state index in [1.807, 2.05) is 13.8 Å². The van der Waals surface area contributed by atoms with Gasteiger partial charge in [-0.25, -0.2) is 0 Å². The minimum Gasteiger partial charge on any atom is -0.367 e. The van der Waals surface area contributed by atoms with Gasteiger partial charge in [-0.1, -0.05) is 25.9 Å². The zero-order chi connectivity index (χ0) is 12.9. The van der Waals surface area contributed by atoms with Crippen LogP contribution in [0, 0.1) is 0 Å². The average molecular weight is 241 g/mol. The Balaban J connectivity index is 2.99. The van der Waals surface area contributed by atoms with Crippen LogP contribution in [0.5, 0.6) is 0 Å². The molecule has 1 aromatic heterocycles. The fourth-order valence-electron chi connectivity index (χ4n) is 1.83. The molecule has 0 amide bonds. The quantitative estimate of drug-likeness (QED) is 0.792. The van der Waals surface area contributed by atoms with Crippen molar-refractivity contribution in [2.24, 2.45) is 5.73 Å². The molecule has 2 N–H and O–H groups in total. The second-order valence-electron chi connectivity index (χ2n) is 4.23. The summed E-state index contributed by atoms with van der Waals surface area (Å²) in [5, 5.41) is 4.05. The van der Waals surface area contributed by atoms with E-state index in [0.717, 1.165) is 12.8 Å². The highest BCUT2D eigenvalue weighted by atomic mass is 16.5. The van der Waals surface area contributed by atoms with Gasteiger partial charge >= 0.3 is 0 Å². The molecule has 0 aliphatic heterocycles. The summed E-state index contributed by atoms with van der Waals surface area (Å²) in [6.45, 7) is 9.23. The molecule has 0 aromatic carbocycles. The molecule has 0 saturated heterocycles. The molecule has 1 unspecified atom stereocenters. The third-order valence-corrected chi connectivity index (χ3v) is 3.19. The van der Waals surface area contributed by atoms with Gasteiger partial charge in [0, 0.05) is 19.1 Å². The van der Waals surface area contributed by atoms with E-state index in [2.05, 4.69) is 24.0 Å². The summed E-state index contributed by atoms with van der Waals surface area (Å²) < 4.78 is 11.1. The molecule has 1 atom stereocenters. The van der Waals surface area contributed by atoms with E-state index in [4.69, 9.17) is 15.0 Å². The molecule has 0 aliphatic rings. The second kappa shape index (κ2) is 6.12. The Morgan fingerprint density at radius 1 is 1.35 bits per heavy atom. The van der Waals surface area contributed by atoms with Crippen molar-refractivity contribution >= 4 is 0 Å². The Bertz CT molecular complexity index is 334. The lowest BCUT2D eigenvalue weighted by Crippen LogP contribution is -2.30. The van der Waals surface area contributed by atoms with Crippen molar-refractivity contribution in [2.75, 3.05) is 13.2 Å². The number of aromatic nitrogens is 2. The fraction of sp³-hybridized carbons (Fsp3) is 0.833. The highest BCUT2D eigenvalue weighted by Crippen LogP contribution is 2.31. The summed E-state index contributed by atoms with van der Waals surface area (Å²) in [6, 6.07) is 0. The van der Waals surface area contributed by atoms with Crippen molar-refractivity contribution in [3.8, 4) is 0 Å². The number of hydrogen-bond acceptors (Lipinski definition) is 5. The molecule has 1 aromatic rings. The number of ether oxygens (including phenoxy) is 1. The topological polar surface area (TPSA) is 74.2 Å².